The number of allylic oxidation sites excluding steroid dienone is 1. The van der Waals surface area contributed by atoms with Gasteiger partial charge in [0.2, 0.25) is 18.5 Å². The van der Waals surface area contributed by atoms with Gasteiger partial charge in [-0.25, -0.2) is 0 Å². The predicted molar refractivity (Wildman–Crippen MR) is 253 cm³/mol. The number of aliphatic hydroxyl groups excluding tert-OH is 2. The largest absolute Gasteiger partial charge is 0.492 e. The Morgan fingerprint density at radius 3 is 2.38 bits per heavy atom. The van der Waals surface area contributed by atoms with Gasteiger partial charge in [-0.15, -0.1) is 6.58 Å². The van der Waals surface area contributed by atoms with E-state index in [1.165, 1.54) is 38.5 Å². The standard InChI is InChI=1S/C53H77N3O9/c1-4-7-8-9-10-11-12-13-14-21-50(59)56(37-39-22-24-47-48(33-39)62-38-61-47)49-36-45(54-64-6-3)43-34-40(19-15-17-29-57)42(20-16-18-30-58)51-44-35-41(60-32-28-55-26-27-55)23-25-46(44)65-53(49,52(43)51)63-31-5-2/h5,22-25,33-35,40,42,49,51-52,57-58H,2,4,6-21,26-32,36-38H2,1,3H3/t40-,42+,49-,51+,52+,53+/m0/s1. The number of unbranched alkanes of at least 4 members (excludes halogenated alkanes) is 10. The maximum Gasteiger partial charge on any atom is 0.239 e. The van der Waals surface area contributed by atoms with E-state index in [4.69, 9.17) is 33.7 Å². The lowest BCUT2D eigenvalue weighted by Gasteiger charge is -2.60. The molecule has 3 heterocycles. The Morgan fingerprint density at radius 2 is 1.65 bits per heavy atom. The second-order valence-corrected chi connectivity index (χ2v) is 18.7. The molecule has 1 amide bonds. The Kier molecular flexibility index (Phi) is 18.5. The SMILES string of the molecule is C=CCO[C@@]12Oc3ccc(OCCN4CC4)cc3[C@H]3[C@H](CCCCO)[C@@H](CCCCO)C=C(C(=NOCC)C[C@@H]1N(Cc1ccc4c(c1)OCO4)C(=O)CCCCCCCCCCC)[C@H]32. The van der Waals surface area contributed by atoms with Gasteiger partial charge in [-0.2, -0.15) is 0 Å². The molecular weight excluding hydrogens is 823 g/mol. The molecule has 2 aliphatic carbocycles. The van der Waals surface area contributed by atoms with Crippen molar-refractivity contribution in [3.8, 4) is 23.0 Å². The summed E-state index contributed by atoms with van der Waals surface area (Å²) in [7, 11) is 0. The van der Waals surface area contributed by atoms with Crippen molar-refractivity contribution < 1.29 is 43.5 Å². The third-order valence-electron chi connectivity index (χ3n) is 14.1. The highest BCUT2D eigenvalue weighted by Crippen LogP contribution is 2.62. The second-order valence-electron chi connectivity index (χ2n) is 18.7. The van der Waals surface area contributed by atoms with Crippen LogP contribution >= 0.6 is 0 Å². The lowest BCUT2D eigenvalue weighted by molar-refractivity contribution is -0.258. The van der Waals surface area contributed by atoms with Crippen LogP contribution in [0.25, 0.3) is 0 Å². The lowest BCUT2D eigenvalue weighted by Crippen LogP contribution is -2.70. The second kappa shape index (κ2) is 24.6. The molecule has 0 unspecified atom stereocenters. The molecule has 0 bridgehead atoms. The van der Waals surface area contributed by atoms with Crippen LogP contribution < -0.4 is 18.9 Å². The summed E-state index contributed by atoms with van der Waals surface area (Å²) in [6.07, 6.45) is 20.2. The first kappa shape index (κ1) is 48.8. The van der Waals surface area contributed by atoms with E-state index in [0.29, 0.717) is 50.5 Å². The molecule has 1 saturated heterocycles. The number of rotatable bonds is 30. The Hall–Kier alpha value is -4.10. The van der Waals surface area contributed by atoms with Gasteiger partial charge < -0.3 is 43.6 Å². The Morgan fingerprint density at radius 1 is 0.908 bits per heavy atom. The average Bonchev–Trinajstić information content (AvgIpc) is 4.03. The van der Waals surface area contributed by atoms with E-state index in [2.05, 4.69) is 30.5 Å². The van der Waals surface area contributed by atoms with Gasteiger partial charge in [-0.05, 0) is 92.3 Å². The maximum absolute atomic E-state index is 15.2. The molecule has 12 nitrogen and oxygen atoms in total. The summed E-state index contributed by atoms with van der Waals surface area (Å²) in [4.78, 5) is 25.5. The zero-order valence-electron chi connectivity index (χ0n) is 39.4. The van der Waals surface area contributed by atoms with E-state index in [1.807, 2.05) is 42.2 Å². The molecule has 1 saturated carbocycles. The van der Waals surface area contributed by atoms with Crippen molar-refractivity contribution >= 4 is 11.6 Å². The van der Waals surface area contributed by atoms with E-state index in [-0.39, 0.29) is 56.2 Å². The molecule has 5 aliphatic rings. The highest BCUT2D eigenvalue weighted by molar-refractivity contribution is 6.03. The molecule has 0 radical (unpaired) electrons. The van der Waals surface area contributed by atoms with Crippen LogP contribution in [0.1, 0.15) is 140 Å². The maximum atomic E-state index is 15.2. The minimum absolute atomic E-state index is 0.0404. The van der Waals surface area contributed by atoms with Crippen LogP contribution in [-0.2, 0) is 20.9 Å². The summed E-state index contributed by atoms with van der Waals surface area (Å²) in [5, 5.41) is 24.9. The van der Waals surface area contributed by atoms with Crippen molar-refractivity contribution in [1.82, 2.24) is 9.80 Å². The highest BCUT2D eigenvalue weighted by atomic mass is 16.7. The highest BCUT2D eigenvalue weighted by Gasteiger charge is 2.65. The number of aliphatic hydroxyl groups is 2. The first-order valence-corrected chi connectivity index (χ1v) is 25.2. The Labute approximate surface area is 388 Å². The Balaban J connectivity index is 1.33. The zero-order chi connectivity index (χ0) is 45.4. The van der Waals surface area contributed by atoms with Gasteiger partial charge in [0, 0.05) is 63.7 Å². The first-order chi connectivity index (χ1) is 31.9. The van der Waals surface area contributed by atoms with Gasteiger partial charge in [-0.1, -0.05) is 94.5 Å². The van der Waals surface area contributed by atoms with Gasteiger partial charge in [0.25, 0.3) is 0 Å². The number of hydrogen-bond acceptors (Lipinski definition) is 11. The number of benzene rings is 2. The fraction of sp³-hybridized carbons (Fsp3) is 0.660. The van der Waals surface area contributed by atoms with E-state index in [0.717, 1.165) is 105 Å². The number of oxime groups is 1. The molecule has 12 heteroatoms. The number of hydrogen-bond donors (Lipinski definition) is 2. The lowest BCUT2D eigenvalue weighted by atomic mass is 9.55. The minimum atomic E-state index is -1.33. The summed E-state index contributed by atoms with van der Waals surface area (Å²) in [5.41, 5.74) is 3.81. The third-order valence-corrected chi connectivity index (χ3v) is 14.1. The molecule has 65 heavy (non-hydrogen) atoms. The van der Waals surface area contributed by atoms with Crippen molar-refractivity contribution in [2.24, 2.45) is 22.9 Å². The van der Waals surface area contributed by atoms with Crippen LogP contribution in [0.15, 0.2) is 65.9 Å². The molecule has 0 spiro atoms. The van der Waals surface area contributed by atoms with E-state index in [9.17, 15) is 10.2 Å². The summed E-state index contributed by atoms with van der Waals surface area (Å²) in [5.74, 6) is 1.36. The van der Waals surface area contributed by atoms with Gasteiger partial charge >= 0.3 is 0 Å². The van der Waals surface area contributed by atoms with Crippen molar-refractivity contribution in [3.05, 3.63) is 71.8 Å². The smallest absolute Gasteiger partial charge is 0.239 e. The molecule has 2 fully saturated rings. The quantitative estimate of drug-likeness (QED) is 0.0338. The molecular formula is C53H77N3O9. The number of carbonyl (C=O) groups excluding carboxylic acids is 1. The molecule has 0 aromatic heterocycles. The number of amides is 1. The van der Waals surface area contributed by atoms with Crippen molar-refractivity contribution in [1.29, 1.82) is 0 Å². The van der Waals surface area contributed by atoms with E-state index in [1.54, 1.807) is 6.08 Å². The topological polar surface area (TPSA) is 132 Å². The average molecular weight is 900 g/mol. The number of nitrogens with zero attached hydrogens (tertiary/aromatic N) is 3. The third kappa shape index (κ3) is 12.3. The zero-order valence-corrected chi connectivity index (χ0v) is 39.4. The molecule has 7 rings (SSSR count). The Bertz CT molecular complexity index is 1900. The molecule has 2 aromatic rings. The summed E-state index contributed by atoms with van der Waals surface area (Å²) in [6.45, 7) is 13.3. The van der Waals surface area contributed by atoms with Crippen molar-refractivity contribution in [2.45, 2.75) is 147 Å². The van der Waals surface area contributed by atoms with Gasteiger partial charge in [0.1, 0.15) is 30.8 Å². The summed E-state index contributed by atoms with van der Waals surface area (Å²) < 4.78 is 32.7. The summed E-state index contributed by atoms with van der Waals surface area (Å²) >= 11 is 0. The van der Waals surface area contributed by atoms with Crippen LogP contribution in [0.5, 0.6) is 23.0 Å². The van der Waals surface area contributed by atoms with E-state index >= 15 is 4.79 Å². The van der Waals surface area contributed by atoms with Crippen LogP contribution in [0.2, 0.25) is 0 Å². The van der Waals surface area contributed by atoms with Crippen LogP contribution in [0, 0.1) is 17.8 Å². The molecule has 358 valence electrons. The van der Waals surface area contributed by atoms with Crippen LogP contribution in [-0.4, -0.2) is 103 Å². The fourth-order valence-electron chi connectivity index (χ4n) is 10.8. The molecule has 2 N–H and O–H groups in total. The van der Waals surface area contributed by atoms with Gasteiger partial charge in [0.15, 0.2) is 11.5 Å². The van der Waals surface area contributed by atoms with E-state index < -0.39 is 11.8 Å². The summed E-state index contributed by atoms with van der Waals surface area (Å²) in [6, 6.07) is 11.5. The predicted octanol–water partition coefficient (Wildman–Crippen LogP) is 9.71. The van der Waals surface area contributed by atoms with Crippen LogP contribution in [0.4, 0.5) is 0 Å². The molecule has 6 atom stereocenters. The van der Waals surface area contributed by atoms with Gasteiger partial charge in [-0.3, -0.25) is 9.69 Å². The number of carbonyl (C=O) groups is 1. The van der Waals surface area contributed by atoms with Crippen LogP contribution in [0.3, 0.4) is 0 Å². The first-order valence-electron chi connectivity index (χ1n) is 25.2. The number of ether oxygens (including phenoxy) is 5. The number of fused-ring (bicyclic) bond motifs is 3. The van der Waals surface area contributed by atoms with Crippen molar-refractivity contribution in [2.75, 3.05) is 59.5 Å². The molecule has 2 aromatic carbocycles. The fourth-order valence-corrected chi connectivity index (χ4v) is 10.8. The van der Waals surface area contributed by atoms with Crippen molar-refractivity contribution in [3.63, 3.8) is 0 Å². The van der Waals surface area contributed by atoms with Gasteiger partial charge in [0.05, 0.1) is 18.2 Å². The molecule has 3 aliphatic heterocycles. The monoisotopic (exact) mass is 900 g/mol. The normalized spacial score (nSPS) is 24.5. The minimum Gasteiger partial charge on any atom is -0.492 e.